The van der Waals surface area contributed by atoms with E-state index in [2.05, 4.69) is 10.2 Å². The highest BCUT2D eigenvalue weighted by molar-refractivity contribution is 5.82. The average Bonchev–Trinajstić information content (AvgIpc) is 2.60. The number of methoxy groups -OCH3 is 1. The van der Waals surface area contributed by atoms with Gasteiger partial charge in [0.15, 0.2) is 11.5 Å². The first-order valence-corrected chi connectivity index (χ1v) is 7.22. The van der Waals surface area contributed by atoms with E-state index >= 15 is 0 Å². The molecule has 0 bridgehead atoms. The van der Waals surface area contributed by atoms with Crippen molar-refractivity contribution >= 4 is 12.2 Å². The Morgan fingerprint density at radius 1 is 1.23 bits per heavy atom. The van der Waals surface area contributed by atoms with Crippen LogP contribution >= 0.6 is 0 Å². The number of guanidine groups is 1. The van der Waals surface area contributed by atoms with Gasteiger partial charge in [-0.25, -0.2) is 0 Å². The fraction of sp³-hybridized carbons (Fsp3) is 0.125. The van der Waals surface area contributed by atoms with Gasteiger partial charge in [0.05, 0.1) is 13.3 Å². The second kappa shape index (κ2) is 10.9. The summed E-state index contributed by atoms with van der Waals surface area (Å²) in [6.45, 7) is 0.471. The lowest BCUT2D eigenvalue weighted by Crippen LogP contribution is -2.21. The summed E-state index contributed by atoms with van der Waals surface area (Å²) in [7, 11) is 1.58. The van der Waals surface area contributed by atoms with Crippen molar-refractivity contribution in [3.63, 3.8) is 0 Å². The molecule has 26 heavy (non-hydrogen) atoms. The molecule has 0 aromatic heterocycles. The Labute approximate surface area is 149 Å². The summed E-state index contributed by atoms with van der Waals surface area (Å²) in [5.74, 6) is 1.18. The van der Waals surface area contributed by atoms with Crippen LogP contribution in [-0.4, -0.2) is 29.6 Å². The van der Waals surface area contributed by atoms with E-state index in [1.165, 1.54) is 6.21 Å². The van der Waals surface area contributed by atoms with E-state index in [0.717, 1.165) is 11.1 Å². The van der Waals surface area contributed by atoms with Crippen LogP contribution in [0.2, 0.25) is 0 Å². The molecular formula is C16H19N5O5. The maximum absolute atomic E-state index is 8.36. The molecule has 0 saturated heterocycles. The summed E-state index contributed by atoms with van der Waals surface area (Å²) in [5, 5.41) is 20.9. The first-order valence-electron chi connectivity index (χ1n) is 7.22. The monoisotopic (exact) mass is 361 g/mol. The fourth-order valence-electron chi connectivity index (χ4n) is 1.78. The third kappa shape index (κ3) is 8.15. The lowest BCUT2D eigenvalue weighted by Gasteiger charge is -2.11. The minimum atomic E-state index is -1.50. The Morgan fingerprint density at radius 2 is 1.88 bits per heavy atom. The van der Waals surface area contributed by atoms with Crippen LogP contribution in [0.1, 0.15) is 11.1 Å². The molecule has 0 aliphatic rings. The zero-order chi connectivity index (χ0) is 19.4. The molecule has 2 rings (SSSR count). The normalized spacial score (nSPS) is 9.73. The standard InChI is InChI=1S/C16H18N4O2.HNO3/c1-21-15-9-13(10-19-20-16(17)18)7-8-14(15)22-11-12-5-3-2-4-6-12;2-1(3)4/h2-10H,11H2,1H3,(H4,17,18,20);(H,2,3,4)/b19-10+;. The van der Waals surface area contributed by atoms with Crippen molar-refractivity contribution in [1.82, 2.24) is 0 Å². The van der Waals surface area contributed by atoms with Gasteiger partial charge in [-0.05, 0) is 29.3 Å². The SMILES string of the molecule is COc1cc(/C=N/N=C(N)N)ccc1OCc1ccccc1.O=[N+]([O-])O. The molecule has 0 amide bonds. The molecule has 0 saturated carbocycles. The van der Waals surface area contributed by atoms with Crippen LogP contribution in [0.5, 0.6) is 11.5 Å². The Hall–Kier alpha value is -3.82. The zero-order valence-electron chi connectivity index (χ0n) is 14.0. The van der Waals surface area contributed by atoms with Gasteiger partial charge in [-0.3, -0.25) is 0 Å². The Balaban J connectivity index is 0.000000765. The Bertz CT molecular complexity index is 757. The zero-order valence-corrected chi connectivity index (χ0v) is 14.0. The summed E-state index contributed by atoms with van der Waals surface area (Å²) in [6.07, 6.45) is 1.53. The van der Waals surface area contributed by atoms with E-state index in [-0.39, 0.29) is 5.96 Å². The van der Waals surface area contributed by atoms with Crippen LogP contribution in [0.15, 0.2) is 58.7 Å². The van der Waals surface area contributed by atoms with Gasteiger partial charge in [-0.2, -0.15) is 5.10 Å². The van der Waals surface area contributed by atoms with Gasteiger partial charge in [-0.15, -0.1) is 15.2 Å². The Kier molecular flexibility index (Phi) is 8.45. The molecule has 138 valence electrons. The number of hydrogen-bond acceptors (Lipinski definition) is 6. The van der Waals surface area contributed by atoms with Crippen molar-refractivity contribution in [2.75, 3.05) is 7.11 Å². The minimum Gasteiger partial charge on any atom is -0.493 e. The minimum absolute atomic E-state index is 0.0916. The maximum atomic E-state index is 8.36. The van der Waals surface area contributed by atoms with Crippen LogP contribution in [0.4, 0.5) is 0 Å². The molecule has 0 spiro atoms. The fourth-order valence-corrected chi connectivity index (χ4v) is 1.78. The molecule has 0 fully saturated rings. The second-order valence-electron chi connectivity index (χ2n) is 4.69. The van der Waals surface area contributed by atoms with Crippen molar-refractivity contribution in [2.24, 2.45) is 21.7 Å². The quantitative estimate of drug-likeness (QED) is 0.304. The van der Waals surface area contributed by atoms with Gasteiger partial charge < -0.3 is 26.1 Å². The molecule has 2 aromatic carbocycles. The topological polar surface area (TPSA) is 159 Å². The average molecular weight is 361 g/mol. The van der Waals surface area contributed by atoms with Crippen molar-refractivity contribution in [3.8, 4) is 11.5 Å². The van der Waals surface area contributed by atoms with Gasteiger partial charge in [0.2, 0.25) is 5.96 Å². The number of nitrogens with two attached hydrogens (primary N) is 2. The molecule has 10 heteroatoms. The van der Waals surface area contributed by atoms with E-state index < -0.39 is 5.09 Å². The molecule has 0 aliphatic carbocycles. The summed E-state index contributed by atoms with van der Waals surface area (Å²) in [4.78, 5) is 8.36. The van der Waals surface area contributed by atoms with Crippen LogP contribution in [0.25, 0.3) is 0 Å². The predicted octanol–water partition coefficient (Wildman–Crippen LogP) is 1.53. The first-order chi connectivity index (χ1) is 12.4. The molecule has 0 aliphatic heterocycles. The summed E-state index contributed by atoms with van der Waals surface area (Å²) >= 11 is 0. The molecule has 0 atom stereocenters. The number of ether oxygens (including phenoxy) is 2. The van der Waals surface area contributed by atoms with Gasteiger partial charge >= 0.3 is 0 Å². The lowest BCUT2D eigenvalue weighted by atomic mass is 10.2. The summed E-state index contributed by atoms with van der Waals surface area (Å²) in [5.41, 5.74) is 12.3. The molecular weight excluding hydrogens is 342 g/mol. The maximum Gasteiger partial charge on any atom is 0.291 e. The smallest absolute Gasteiger partial charge is 0.291 e. The van der Waals surface area contributed by atoms with Gasteiger partial charge in [0, 0.05) is 0 Å². The molecule has 10 nitrogen and oxygen atoms in total. The highest BCUT2D eigenvalue weighted by atomic mass is 16.9. The van der Waals surface area contributed by atoms with Crippen molar-refractivity contribution in [2.45, 2.75) is 6.61 Å². The second-order valence-corrected chi connectivity index (χ2v) is 4.69. The van der Waals surface area contributed by atoms with E-state index in [1.54, 1.807) is 13.2 Å². The predicted molar refractivity (Wildman–Crippen MR) is 96.0 cm³/mol. The van der Waals surface area contributed by atoms with Crippen LogP contribution in [-0.2, 0) is 6.61 Å². The van der Waals surface area contributed by atoms with Gasteiger partial charge in [0.25, 0.3) is 5.09 Å². The van der Waals surface area contributed by atoms with Gasteiger partial charge in [-0.1, -0.05) is 30.3 Å². The lowest BCUT2D eigenvalue weighted by molar-refractivity contribution is -0.742. The van der Waals surface area contributed by atoms with Crippen LogP contribution in [0.3, 0.4) is 0 Å². The number of benzene rings is 2. The Morgan fingerprint density at radius 3 is 2.46 bits per heavy atom. The number of rotatable bonds is 6. The third-order valence-corrected chi connectivity index (χ3v) is 2.80. The van der Waals surface area contributed by atoms with Gasteiger partial charge in [0.1, 0.15) is 6.61 Å². The molecule has 5 N–H and O–H groups in total. The number of hydrogen-bond donors (Lipinski definition) is 3. The van der Waals surface area contributed by atoms with Crippen LogP contribution < -0.4 is 20.9 Å². The van der Waals surface area contributed by atoms with Crippen LogP contribution in [0, 0.1) is 10.1 Å². The van der Waals surface area contributed by atoms with Crippen molar-refractivity contribution in [3.05, 3.63) is 69.8 Å². The molecule has 2 aromatic rings. The highest BCUT2D eigenvalue weighted by Gasteiger charge is 2.05. The van der Waals surface area contributed by atoms with Crippen molar-refractivity contribution in [1.29, 1.82) is 0 Å². The van der Waals surface area contributed by atoms with E-state index in [9.17, 15) is 0 Å². The highest BCUT2D eigenvalue weighted by Crippen LogP contribution is 2.28. The largest absolute Gasteiger partial charge is 0.493 e. The first kappa shape index (κ1) is 20.2. The van der Waals surface area contributed by atoms with E-state index in [1.807, 2.05) is 42.5 Å². The number of nitrogens with zero attached hydrogens (tertiary/aromatic N) is 3. The molecule has 0 unspecified atom stereocenters. The molecule has 0 heterocycles. The summed E-state index contributed by atoms with van der Waals surface area (Å²) in [6, 6.07) is 15.4. The van der Waals surface area contributed by atoms with E-state index in [4.69, 9.17) is 36.3 Å². The van der Waals surface area contributed by atoms with E-state index in [0.29, 0.717) is 18.1 Å². The van der Waals surface area contributed by atoms with Crippen molar-refractivity contribution < 1.29 is 19.8 Å². The third-order valence-electron chi connectivity index (χ3n) is 2.80. The molecule has 0 radical (unpaired) electrons. The summed E-state index contributed by atoms with van der Waals surface area (Å²) < 4.78 is 11.1.